The summed E-state index contributed by atoms with van der Waals surface area (Å²) in [5.74, 6) is 0.130. The smallest absolute Gasteiger partial charge is 0.233 e. The molecule has 1 atom stereocenters. The summed E-state index contributed by atoms with van der Waals surface area (Å²) in [7, 11) is 1.65. The number of amides is 2. The topological polar surface area (TPSA) is 65.5 Å². The minimum Gasteiger partial charge on any atom is -0.358 e. The van der Waals surface area contributed by atoms with Gasteiger partial charge in [0.15, 0.2) is 0 Å². The molecule has 1 N–H and O–H groups in total. The van der Waals surface area contributed by atoms with Gasteiger partial charge in [-0.15, -0.1) is 0 Å². The van der Waals surface area contributed by atoms with Crippen LogP contribution in [0.15, 0.2) is 18.3 Å². The number of piperazine rings is 1. The van der Waals surface area contributed by atoms with Gasteiger partial charge in [0.1, 0.15) is 0 Å². The quantitative estimate of drug-likeness (QED) is 0.876. The van der Waals surface area contributed by atoms with Crippen molar-refractivity contribution in [3.63, 3.8) is 0 Å². The Bertz CT molecular complexity index is 582. The van der Waals surface area contributed by atoms with Gasteiger partial charge in [-0.2, -0.15) is 0 Å². The summed E-state index contributed by atoms with van der Waals surface area (Å²) in [4.78, 5) is 32.8. The fourth-order valence-corrected chi connectivity index (χ4v) is 3.48. The number of likely N-dealkylation sites (N-methyl/N-ethyl adjacent to an activating group) is 1. The van der Waals surface area contributed by atoms with Crippen molar-refractivity contribution in [1.82, 2.24) is 20.1 Å². The van der Waals surface area contributed by atoms with Gasteiger partial charge in [-0.25, -0.2) is 0 Å². The number of carbonyl (C=O) groups excluding carboxylic acids is 2. The summed E-state index contributed by atoms with van der Waals surface area (Å²) in [5.41, 5.74) is 2.19. The SMILES string of the molecule is CNC(=O)CN1CCN(C(=O)C2CCCc3cccnc32)CC1. The van der Waals surface area contributed by atoms with Crippen LogP contribution in [-0.4, -0.2) is 66.4 Å². The molecule has 1 aliphatic carbocycles. The van der Waals surface area contributed by atoms with Gasteiger partial charge in [0.25, 0.3) is 0 Å². The number of fused-ring (bicyclic) bond motifs is 1. The highest BCUT2D eigenvalue weighted by molar-refractivity contribution is 5.84. The Morgan fingerprint density at radius 1 is 1.30 bits per heavy atom. The van der Waals surface area contributed by atoms with E-state index in [1.165, 1.54) is 5.56 Å². The van der Waals surface area contributed by atoms with Gasteiger partial charge in [0.05, 0.1) is 18.2 Å². The molecule has 0 bridgehead atoms. The standard InChI is InChI=1S/C17H24N4O2/c1-18-15(22)12-20-8-10-21(11-9-20)17(23)14-6-2-4-13-5-3-7-19-16(13)14/h3,5,7,14H,2,4,6,8-12H2,1H3,(H,18,22). The zero-order valence-electron chi connectivity index (χ0n) is 13.6. The predicted octanol–water partition coefficient (Wildman–Crippen LogP) is 0.392. The van der Waals surface area contributed by atoms with Crippen LogP contribution in [0.2, 0.25) is 0 Å². The number of aryl methyl sites for hydroxylation is 1. The zero-order chi connectivity index (χ0) is 16.2. The van der Waals surface area contributed by atoms with E-state index in [-0.39, 0.29) is 17.7 Å². The lowest BCUT2D eigenvalue weighted by molar-refractivity contribution is -0.135. The van der Waals surface area contributed by atoms with Crippen molar-refractivity contribution in [1.29, 1.82) is 0 Å². The Labute approximate surface area is 136 Å². The van der Waals surface area contributed by atoms with E-state index in [9.17, 15) is 9.59 Å². The van der Waals surface area contributed by atoms with Gasteiger partial charge in [-0.3, -0.25) is 19.5 Å². The van der Waals surface area contributed by atoms with Gasteiger partial charge in [0.2, 0.25) is 11.8 Å². The maximum atomic E-state index is 12.9. The molecule has 2 amide bonds. The van der Waals surface area contributed by atoms with Gasteiger partial charge >= 0.3 is 0 Å². The second-order valence-electron chi connectivity index (χ2n) is 6.27. The third kappa shape index (κ3) is 3.52. The molecule has 3 rings (SSSR count). The molecule has 1 aromatic heterocycles. The minimum atomic E-state index is -0.0922. The molecule has 6 nitrogen and oxygen atoms in total. The maximum Gasteiger partial charge on any atom is 0.233 e. The molecule has 124 valence electrons. The fraction of sp³-hybridized carbons (Fsp3) is 0.588. The van der Waals surface area contributed by atoms with E-state index in [4.69, 9.17) is 0 Å². The highest BCUT2D eigenvalue weighted by Crippen LogP contribution is 2.31. The van der Waals surface area contributed by atoms with Crippen LogP contribution in [-0.2, 0) is 16.0 Å². The molecule has 0 aromatic carbocycles. The van der Waals surface area contributed by atoms with E-state index >= 15 is 0 Å². The first kappa shape index (κ1) is 15.9. The molecule has 1 unspecified atom stereocenters. The highest BCUT2D eigenvalue weighted by Gasteiger charge is 2.32. The first-order valence-electron chi connectivity index (χ1n) is 8.34. The molecular weight excluding hydrogens is 292 g/mol. The van der Waals surface area contributed by atoms with Crippen LogP contribution >= 0.6 is 0 Å². The van der Waals surface area contributed by atoms with E-state index in [0.717, 1.165) is 38.0 Å². The minimum absolute atomic E-state index is 0.0233. The van der Waals surface area contributed by atoms with Crippen molar-refractivity contribution in [2.24, 2.45) is 0 Å². The molecule has 1 aliphatic heterocycles. The van der Waals surface area contributed by atoms with Gasteiger partial charge in [0, 0.05) is 39.4 Å². The van der Waals surface area contributed by atoms with E-state index in [1.807, 2.05) is 11.0 Å². The second-order valence-corrected chi connectivity index (χ2v) is 6.27. The normalized spacial score (nSPS) is 21.6. The van der Waals surface area contributed by atoms with E-state index in [0.29, 0.717) is 19.6 Å². The zero-order valence-corrected chi connectivity index (χ0v) is 13.6. The Balaban J connectivity index is 1.61. The summed E-state index contributed by atoms with van der Waals surface area (Å²) in [6.07, 6.45) is 4.74. The Hall–Kier alpha value is -1.95. The van der Waals surface area contributed by atoms with E-state index in [2.05, 4.69) is 21.3 Å². The van der Waals surface area contributed by atoms with Crippen LogP contribution in [0.4, 0.5) is 0 Å². The number of nitrogens with one attached hydrogen (secondary N) is 1. The number of rotatable bonds is 3. The first-order valence-corrected chi connectivity index (χ1v) is 8.34. The molecule has 1 fully saturated rings. The molecule has 0 saturated carbocycles. The van der Waals surface area contributed by atoms with Crippen LogP contribution in [0.5, 0.6) is 0 Å². The average Bonchev–Trinajstić information content (AvgIpc) is 2.61. The van der Waals surface area contributed by atoms with Gasteiger partial charge < -0.3 is 10.2 Å². The van der Waals surface area contributed by atoms with E-state index < -0.39 is 0 Å². The Morgan fingerprint density at radius 3 is 2.83 bits per heavy atom. The highest BCUT2D eigenvalue weighted by atomic mass is 16.2. The van der Waals surface area contributed by atoms with Crippen molar-refractivity contribution in [3.8, 4) is 0 Å². The summed E-state index contributed by atoms with van der Waals surface area (Å²) in [6.45, 7) is 3.29. The maximum absolute atomic E-state index is 12.9. The van der Waals surface area contributed by atoms with Crippen LogP contribution in [0.1, 0.15) is 30.0 Å². The summed E-state index contributed by atoms with van der Waals surface area (Å²) < 4.78 is 0. The first-order chi connectivity index (χ1) is 11.2. The van der Waals surface area contributed by atoms with Crippen LogP contribution in [0.3, 0.4) is 0 Å². The molecular formula is C17H24N4O2. The molecule has 1 aromatic rings. The summed E-state index contributed by atoms with van der Waals surface area (Å²) >= 11 is 0. The third-order valence-electron chi connectivity index (χ3n) is 4.82. The monoisotopic (exact) mass is 316 g/mol. The van der Waals surface area contributed by atoms with E-state index in [1.54, 1.807) is 13.2 Å². The summed E-state index contributed by atoms with van der Waals surface area (Å²) in [5, 5.41) is 2.64. The lowest BCUT2D eigenvalue weighted by Gasteiger charge is -2.37. The van der Waals surface area contributed by atoms with Crippen molar-refractivity contribution in [3.05, 3.63) is 29.6 Å². The van der Waals surface area contributed by atoms with Crippen molar-refractivity contribution in [2.45, 2.75) is 25.2 Å². The largest absolute Gasteiger partial charge is 0.358 e. The number of hydrogen-bond donors (Lipinski definition) is 1. The Kier molecular flexibility index (Phi) is 4.91. The number of pyridine rings is 1. The third-order valence-corrected chi connectivity index (χ3v) is 4.82. The number of nitrogens with zero attached hydrogens (tertiary/aromatic N) is 3. The van der Waals surface area contributed by atoms with Gasteiger partial charge in [-0.05, 0) is 30.9 Å². The van der Waals surface area contributed by atoms with Crippen molar-refractivity contribution < 1.29 is 9.59 Å². The predicted molar refractivity (Wildman–Crippen MR) is 87.0 cm³/mol. The number of hydrogen-bond acceptors (Lipinski definition) is 4. The Morgan fingerprint density at radius 2 is 2.09 bits per heavy atom. The number of aromatic nitrogens is 1. The molecule has 6 heteroatoms. The fourth-order valence-electron chi connectivity index (χ4n) is 3.48. The molecule has 0 radical (unpaired) electrons. The van der Waals surface area contributed by atoms with Crippen LogP contribution in [0.25, 0.3) is 0 Å². The number of carbonyl (C=O) groups is 2. The molecule has 0 spiro atoms. The van der Waals surface area contributed by atoms with Crippen LogP contribution < -0.4 is 5.32 Å². The van der Waals surface area contributed by atoms with Crippen molar-refractivity contribution in [2.75, 3.05) is 39.8 Å². The molecule has 2 aliphatic rings. The van der Waals surface area contributed by atoms with Crippen molar-refractivity contribution >= 4 is 11.8 Å². The molecule has 2 heterocycles. The van der Waals surface area contributed by atoms with Gasteiger partial charge in [-0.1, -0.05) is 6.07 Å². The molecule has 1 saturated heterocycles. The average molecular weight is 316 g/mol. The summed E-state index contributed by atoms with van der Waals surface area (Å²) in [6, 6.07) is 4.03. The lowest BCUT2D eigenvalue weighted by atomic mass is 9.85. The second kappa shape index (κ2) is 7.08. The lowest BCUT2D eigenvalue weighted by Crippen LogP contribution is -2.52. The van der Waals surface area contributed by atoms with Crippen LogP contribution in [0, 0.1) is 0 Å². The molecule has 23 heavy (non-hydrogen) atoms.